The van der Waals surface area contributed by atoms with E-state index in [0.29, 0.717) is 11.6 Å². The summed E-state index contributed by atoms with van der Waals surface area (Å²) in [5.74, 6) is 0.846. The van der Waals surface area contributed by atoms with Crippen molar-refractivity contribution in [2.45, 2.75) is 51.1 Å². The summed E-state index contributed by atoms with van der Waals surface area (Å²) in [7, 11) is 4.48. The molecule has 0 amide bonds. The fourth-order valence-electron chi connectivity index (χ4n) is 3.36. The number of likely N-dealkylation sites (N-methyl/N-ethyl adjacent to an activating group) is 1. The van der Waals surface area contributed by atoms with E-state index in [1.54, 1.807) is 0 Å². The Morgan fingerprint density at radius 1 is 1.50 bits per heavy atom. The predicted octanol–water partition coefficient (Wildman–Crippen LogP) is 4.67. The van der Waals surface area contributed by atoms with Crippen molar-refractivity contribution in [2.75, 3.05) is 20.6 Å². The number of rotatable bonds is 5. The summed E-state index contributed by atoms with van der Waals surface area (Å²) in [6, 6.07) is 4.79. The van der Waals surface area contributed by atoms with Gasteiger partial charge in [-0.05, 0) is 67.8 Å². The van der Waals surface area contributed by atoms with Gasteiger partial charge in [-0.1, -0.05) is 19.8 Å². The third-order valence-corrected chi connectivity index (χ3v) is 6.58. The van der Waals surface area contributed by atoms with Crippen LogP contribution < -0.4 is 5.32 Å². The van der Waals surface area contributed by atoms with E-state index >= 15 is 0 Å². The van der Waals surface area contributed by atoms with E-state index in [0.717, 1.165) is 12.5 Å². The van der Waals surface area contributed by atoms with E-state index in [9.17, 15) is 0 Å². The molecule has 4 heteroatoms. The monoisotopic (exact) mass is 358 g/mol. The molecule has 114 valence electrons. The fourth-order valence-corrected chi connectivity index (χ4v) is 4.81. The van der Waals surface area contributed by atoms with E-state index < -0.39 is 0 Å². The molecule has 0 radical (unpaired) electrons. The van der Waals surface area contributed by atoms with Gasteiger partial charge in [0.15, 0.2) is 0 Å². The van der Waals surface area contributed by atoms with Gasteiger partial charge < -0.3 is 10.2 Å². The standard InChI is InChI=1S/C16H27BrN2S/c1-12-6-5-9-16(10-12,19(3)4)11-18-13(2)14-7-8-15(17)20-14/h7-8,12-13,18H,5-6,9-11H2,1-4H3. The van der Waals surface area contributed by atoms with Gasteiger partial charge in [0.1, 0.15) is 0 Å². The molecule has 20 heavy (non-hydrogen) atoms. The molecule has 2 rings (SSSR count). The van der Waals surface area contributed by atoms with Crippen molar-refractivity contribution in [3.8, 4) is 0 Å². The second kappa shape index (κ2) is 6.91. The molecule has 1 saturated carbocycles. The van der Waals surface area contributed by atoms with Crippen LogP contribution in [-0.4, -0.2) is 31.1 Å². The summed E-state index contributed by atoms with van der Waals surface area (Å²) >= 11 is 5.38. The van der Waals surface area contributed by atoms with E-state index in [-0.39, 0.29) is 0 Å². The Balaban J connectivity index is 1.98. The highest BCUT2D eigenvalue weighted by molar-refractivity contribution is 9.11. The molecule has 0 aliphatic heterocycles. The number of nitrogens with one attached hydrogen (secondary N) is 1. The van der Waals surface area contributed by atoms with Crippen LogP contribution in [0.15, 0.2) is 15.9 Å². The average Bonchev–Trinajstić information content (AvgIpc) is 2.82. The number of hydrogen-bond donors (Lipinski definition) is 1. The summed E-state index contributed by atoms with van der Waals surface area (Å²) in [6.45, 7) is 5.76. The van der Waals surface area contributed by atoms with Crippen LogP contribution in [0.1, 0.15) is 50.4 Å². The molecule has 1 heterocycles. The SMILES string of the molecule is CC1CCCC(CNC(C)c2ccc(Br)s2)(N(C)C)C1. The van der Waals surface area contributed by atoms with Crippen LogP contribution in [0.5, 0.6) is 0 Å². The first kappa shape index (κ1) is 16.5. The van der Waals surface area contributed by atoms with Crippen LogP contribution >= 0.6 is 27.3 Å². The zero-order valence-corrected chi connectivity index (χ0v) is 15.5. The predicted molar refractivity (Wildman–Crippen MR) is 92.5 cm³/mol. The summed E-state index contributed by atoms with van der Waals surface area (Å²) in [5.41, 5.74) is 0.334. The first-order chi connectivity index (χ1) is 9.43. The fraction of sp³-hybridized carbons (Fsp3) is 0.750. The summed E-state index contributed by atoms with van der Waals surface area (Å²) in [4.78, 5) is 3.86. The van der Waals surface area contributed by atoms with E-state index in [1.165, 1.54) is 34.3 Å². The van der Waals surface area contributed by atoms with Gasteiger partial charge in [0.2, 0.25) is 0 Å². The Hall–Kier alpha value is 0.1000. The molecule has 0 bridgehead atoms. The Bertz CT molecular complexity index is 432. The minimum absolute atomic E-state index is 0.334. The molecule has 3 atom stereocenters. The molecule has 1 aromatic heterocycles. The molecule has 1 fully saturated rings. The van der Waals surface area contributed by atoms with Gasteiger partial charge in [-0.15, -0.1) is 11.3 Å². The molecular weight excluding hydrogens is 332 g/mol. The lowest BCUT2D eigenvalue weighted by atomic mass is 9.75. The molecule has 1 aromatic rings. The second-order valence-corrected chi connectivity index (χ2v) is 9.06. The zero-order chi connectivity index (χ0) is 14.8. The van der Waals surface area contributed by atoms with Gasteiger partial charge in [0.05, 0.1) is 3.79 Å². The van der Waals surface area contributed by atoms with Gasteiger partial charge in [-0.3, -0.25) is 0 Å². The largest absolute Gasteiger partial charge is 0.308 e. The van der Waals surface area contributed by atoms with Crippen molar-refractivity contribution >= 4 is 27.3 Å². The molecule has 1 aliphatic rings. The highest BCUT2D eigenvalue weighted by Crippen LogP contribution is 2.36. The van der Waals surface area contributed by atoms with Crippen molar-refractivity contribution in [3.63, 3.8) is 0 Å². The lowest BCUT2D eigenvalue weighted by Gasteiger charge is -2.46. The quantitative estimate of drug-likeness (QED) is 0.822. The first-order valence-corrected chi connectivity index (χ1v) is 9.20. The maximum absolute atomic E-state index is 3.77. The summed E-state index contributed by atoms with van der Waals surface area (Å²) in [6.07, 6.45) is 5.38. The van der Waals surface area contributed by atoms with Gasteiger partial charge >= 0.3 is 0 Å². The van der Waals surface area contributed by atoms with Crippen LogP contribution in [0.4, 0.5) is 0 Å². The van der Waals surface area contributed by atoms with Crippen LogP contribution in [0.3, 0.4) is 0 Å². The van der Waals surface area contributed by atoms with E-state index in [4.69, 9.17) is 0 Å². The maximum atomic E-state index is 3.77. The molecule has 1 N–H and O–H groups in total. The van der Waals surface area contributed by atoms with Gasteiger partial charge in [-0.2, -0.15) is 0 Å². The van der Waals surface area contributed by atoms with Crippen molar-refractivity contribution < 1.29 is 0 Å². The minimum atomic E-state index is 0.334. The topological polar surface area (TPSA) is 15.3 Å². The van der Waals surface area contributed by atoms with E-state index in [1.807, 2.05) is 11.3 Å². The number of nitrogens with zero attached hydrogens (tertiary/aromatic N) is 1. The van der Waals surface area contributed by atoms with Crippen LogP contribution in [-0.2, 0) is 0 Å². The summed E-state index contributed by atoms with van der Waals surface area (Å²) in [5, 5.41) is 3.77. The van der Waals surface area contributed by atoms with Crippen molar-refractivity contribution in [2.24, 2.45) is 5.92 Å². The lowest BCUT2D eigenvalue weighted by molar-refractivity contribution is 0.0729. The zero-order valence-electron chi connectivity index (χ0n) is 13.1. The third-order valence-electron chi connectivity index (χ3n) is 4.77. The first-order valence-electron chi connectivity index (χ1n) is 7.59. The molecule has 0 saturated heterocycles. The second-order valence-electron chi connectivity index (χ2n) is 6.56. The Labute approximate surface area is 136 Å². The smallest absolute Gasteiger partial charge is 0.0701 e. The van der Waals surface area contributed by atoms with Gasteiger partial charge in [0, 0.05) is 23.0 Å². The van der Waals surface area contributed by atoms with Gasteiger partial charge in [0.25, 0.3) is 0 Å². The molecule has 0 aromatic carbocycles. The Morgan fingerprint density at radius 2 is 2.25 bits per heavy atom. The maximum Gasteiger partial charge on any atom is 0.0701 e. The number of hydrogen-bond acceptors (Lipinski definition) is 3. The average molecular weight is 359 g/mol. The van der Waals surface area contributed by atoms with Crippen molar-refractivity contribution in [1.82, 2.24) is 10.2 Å². The minimum Gasteiger partial charge on any atom is -0.308 e. The number of thiophene rings is 1. The van der Waals surface area contributed by atoms with Crippen molar-refractivity contribution in [1.29, 1.82) is 0 Å². The molecule has 3 unspecified atom stereocenters. The Morgan fingerprint density at radius 3 is 2.80 bits per heavy atom. The van der Waals surface area contributed by atoms with Crippen molar-refractivity contribution in [3.05, 3.63) is 20.8 Å². The molecule has 1 aliphatic carbocycles. The third kappa shape index (κ3) is 3.85. The van der Waals surface area contributed by atoms with Crippen LogP contribution in [0.25, 0.3) is 0 Å². The summed E-state index contributed by atoms with van der Waals surface area (Å²) < 4.78 is 1.22. The van der Waals surface area contributed by atoms with Crippen LogP contribution in [0.2, 0.25) is 0 Å². The van der Waals surface area contributed by atoms with Crippen LogP contribution in [0, 0.1) is 5.92 Å². The highest BCUT2D eigenvalue weighted by atomic mass is 79.9. The molecule has 2 nitrogen and oxygen atoms in total. The highest BCUT2D eigenvalue weighted by Gasteiger charge is 2.36. The van der Waals surface area contributed by atoms with Gasteiger partial charge in [-0.25, -0.2) is 0 Å². The molecular formula is C16H27BrN2S. The normalized spacial score (nSPS) is 28.8. The lowest BCUT2D eigenvalue weighted by Crippen LogP contribution is -2.54. The van der Waals surface area contributed by atoms with E-state index in [2.05, 4.69) is 66.2 Å². The molecule has 0 spiro atoms. The number of halogens is 1. The Kier molecular flexibility index (Phi) is 5.69.